The molecule has 8 nitrogen and oxygen atoms in total. The first-order valence-electron chi connectivity index (χ1n) is 10.9. The Morgan fingerprint density at radius 1 is 1.12 bits per heavy atom. The van der Waals surface area contributed by atoms with Gasteiger partial charge < -0.3 is 15.4 Å². The number of hydrogen-bond donors (Lipinski definition) is 3. The van der Waals surface area contributed by atoms with E-state index in [0.29, 0.717) is 18.8 Å². The standard InChI is InChI=1S/C24H29N5O3/c1-16(2)23(30)27-18-3-4-19-20(14-26-21(19)13-18)22(24(31)32)29-11-9-28(10-12-29)15-17-5-7-25-8-6-17/h3-8,13-14,16,22,26H,9-12,15H2,1-2H3,(H,27,30)(H,31,32)/t22-/m0/s1. The third kappa shape index (κ3) is 4.81. The third-order valence-corrected chi connectivity index (χ3v) is 5.96. The summed E-state index contributed by atoms with van der Waals surface area (Å²) in [5.41, 5.74) is 3.46. The van der Waals surface area contributed by atoms with Crippen molar-refractivity contribution in [2.24, 2.45) is 5.92 Å². The number of hydrogen-bond acceptors (Lipinski definition) is 5. The van der Waals surface area contributed by atoms with E-state index in [0.717, 1.165) is 36.1 Å². The minimum absolute atomic E-state index is 0.0517. The first kappa shape index (κ1) is 22.0. The number of aromatic amines is 1. The second-order valence-corrected chi connectivity index (χ2v) is 8.56. The van der Waals surface area contributed by atoms with Gasteiger partial charge in [0.25, 0.3) is 0 Å². The highest BCUT2D eigenvalue weighted by Gasteiger charge is 2.32. The predicted octanol–water partition coefficient (Wildman–Crippen LogP) is 3.10. The predicted molar refractivity (Wildman–Crippen MR) is 123 cm³/mol. The monoisotopic (exact) mass is 435 g/mol. The summed E-state index contributed by atoms with van der Waals surface area (Å²) >= 11 is 0. The second kappa shape index (κ2) is 9.50. The molecule has 0 aliphatic carbocycles. The molecule has 0 radical (unpaired) electrons. The van der Waals surface area contributed by atoms with Crippen molar-refractivity contribution in [1.29, 1.82) is 0 Å². The lowest BCUT2D eigenvalue weighted by molar-refractivity contribution is -0.144. The van der Waals surface area contributed by atoms with Gasteiger partial charge in [-0.3, -0.25) is 24.4 Å². The molecule has 1 aliphatic heterocycles. The molecule has 1 atom stereocenters. The Kier molecular flexibility index (Phi) is 6.53. The van der Waals surface area contributed by atoms with Crippen molar-refractivity contribution >= 4 is 28.5 Å². The molecule has 3 aromatic rings. The van der Waals surface area contributed by atoms with E-state index < -0.39 is 12.0 Å². The van der Waals surface area contributed by atoms with E-state index in [-0.39, 0.29) is 11.8 Å². The van der Waals surface area contributed by atoms with Gasteiger partial charge in [-0.05, 0) is 29.8 Å². The SMILES string of the molecule is CC(C)C(=O)Nc1ccc2c([C@@H](C(=O)O)N3CCN(Cc4ccncc4)CC3)c[nH]c2c1. The third-order valence-electron chi connectivity index (χ3n) is 5.96. The van der Waals surface area contributed by atoms with Crippen LogP contribution in [0, 0.1) is 5.92 Å². The van der Waals surface area contributed by atoms with E-state index in [9.17, 15) is 14.7 Å². The lowest BCUT2D eigenvalue weighted by Gasteiger charge is -2.37. The Hall–Kier alpha value is -3.23. The fraction of sp³-hybridized carbons (Fsp3) is 0.375. The zero-order valence-electron chi connectivity index (χ0n) is 18.4. The average Bonchev–Trinajstić information content (AvgIpc) is 3.18. The summed E-state index contributed by atoms with van der Waals surface area (Å²) in [7, 11) is 0. The van der Waals surface area contributed by atoms with Crippen molar-refractivity contribution in [2.75, 3.05) is 31.5 Å². The van der Waals surface area contributed by atoms with Gasteiger partial charge in [0, 0.05) is 79.4 Å². The van der Waals surface area contributed by atoms with Gasteiger partial charge in [0.15, 0.2) is 0 Å². The maximum Gasteiger partial charge on any atom is 0.325 e. The van der Waals surface area contributed by atoms with E-state index in [1.165, 1.54) is 5.56 Å². The van der Waals surface area contributed by atoms with E-state index in [1.54, 1.807) is 18.6 Å². The van der Waals surface area contributed by atoms with Crippen LogP contribution in [0.4, 0.5) is 5.69 Å². The van der Waals surface area contributed by atoms with Crippen LogP contribution in [0.1, 0.15) is 31.0 Å². The molecule has 3 N–H and O–H groups in total. The molecular formula is C24H29N5O3. The molecule has 32 heavy (non-hydrogen) atoms. The molecule has 1 amide bonds. The highest BCUT2D eigenvalue weighted by atomic mass is 16.4. The molecule has 0 saturated carbocycles. The van der Waals surface area contributed by atoms with Crippen molar-refractivity contribution < 1.29 is 14.7 Å². The Morgan fingerprint density at radius 2 is 1.84 bits per heavy atom. The van der Waals surface area contributed by atoms with Crippen LogP contribution in [0.25, 0.3) is 10.9 Å². The number of benzene rings is 1. The zero-order valence-corrected chi connectivity index (χ0v) is 18.4. The zero-order chi connectivity index (χ0) is 22.7. The van der Waals surface area contributed by atoms with Gasteiger partial charge in [0.1, 0.15) is 6.04 Å². The fourth-order valence-electron chi connectivity index (χ4n) is 4.15. The van der Waals surface area contributed by atoms with Gasteiger partial charge in [-0.25, -0.2) is 0 Å². The largest absolute Gasteiger partial charge is 0.480 e. The molecule has 4 rings (SSSR count). The van der Waals surface area contributed by atoms with Crippen LogP contribution in [0.15, 0.2) is 48.9 Å². The number of amides is 1. The molecule has 0 unspecified atom stereocenters. The van der Waals surface area contributed by atoms with E-state index in [1.807, 2.05) is 49.1 Å². The highest BCUT2D eigenvalue weighted by molar-refractivity contribution is 5.96. The maximum absolute atomic E-state index is 12.3. The summed E-state index contributed by atoms with van der Waals surface area (Å²) in [5, 5.41) is 13.8. The number of piperazine rings is 1. The highest BCUT2D eigenvalue weighted by Crippen LogP contribution is 2.31. The minimum atomic E-state index is -0.856. The van der Waals surface area contributed by atoms with Crippen molar-refractivity contribution in [1.82, 2.24) is 19.8 Å². The average molecular weight is 436 g/mol. The number of carboxylic acid groups (broad SMARTS) is 1. The number of aromatic nitrogens is 2. The Labute approximate surface area is 187 Å². The van der Waals surface area contributed by atoms with Gasteiger partial charge in [-0.1, -0.05) is 19.9 Å². The van der Waals surface area contributed by atoms with Crippen molar-refractivity contribution in [3.8, 4) is 0 Å². The van der Waals surface area contributed by atoms with Crippen molar-refractivity contribution in [3.05, 3.63) is 60.0 Å². The normalized spacial score (nSPS) is 16.3. The second-order valence-electron chi connectivity index (χ2n) is 8.56. The molecule has 1 fully saturated rings. The number of carbonyl (C=O) groups excluding carboxylic acids is 1. The molecule has 1 saturated heterocycles. The first-order chi connectivity index (χ1) is 15.4. The Bertz CT molecular complexity index is 1090. The Morgan fingerprint density at radius 3 is 2.50 bits per heavy atom. The summed E-state index contributed by atoms with van der Waals surface area (Å²) in [5.74, 6) is -1.02. The molecule has 0 spiro atoms. The topological polar surface area (TPSA) is 102 Å². The summed E-state index contributed by atoms with van der Waals surface area (Å²) in [6, 6.07) is 8.86. The molecular weight excluding hydrogens is 406 g/mol. The quantitative estimate of drug-likeness (QED) is 0.527. The van der Waals surface area contributed by atoms with Gasteiger partial charge in [0.05, 0.1) is 0 Å². The summed E-state index contributed by atoms with van der Waals surface area (Å²) in [6.07, 6.45) is 5.37. The van der Waals surface area contributed by atoms with Gasteiger partial charge in [-0.2, -0.15) is 0 Å². The molecule has 3 heterocycles. The fourth-order valence-corrected chi connectivity index (χ4v) is 4.15. The van der Waals surface area contributed by atoms with E-state index in [4.69, 9.17) is 0 Å². The van der Waals surface area contributed by atoms with Gasteiger partial charge >= 0.3 is 5.97 Å². The number of carboxylic acids is 1. The van der Waals surface area contributed by atoms with Crippen LogP contribution in [-0.2, 0) is 16.1 Å². The number of H-pyrrole nitrogens is 1. The van der Waals surface area contributed by atoms with Crippen molar-refractivity contribution in [2.45, 2.75) is 26.4 Å². The first-order valence-corrected chi connectivity index (χ1v) is 10.9. The lowest BCUT2D eigenvalue weighted by Crippen LogP contribution is -2.48. The summed E-state index contributed by atoms with van der Waals surface area (Å²) < 4.78 is 0. The molecule has 1 aliphatic rings. The number of nitrogens with zero attached hydrogens (tertiary/aromatic N) is 3. The van der Waals surface area contributed by atoms with Crippen LogP contribution in [-0.4, -0.2) is 62.9 Å². The Balaban J connectivity index is 1.48. The molecule has 2 aromatic heterocycles. The molecule has 8 heteroatoms. The smallest absolute Gasteiger partial charge is 0.325 e. The maximum atomic E-state index is 12.3. The van der Waals surface area contributed by atoms with Gasteiger partial charge in [-0.15, -0.1) is 0 Å². The summed E-state index contributed by atoms with van der Waals surface area (Å²) in [4.78, 5) is 35.9. The van der Waals surface area contributed by atoms with Crippen LogP contribution in [0.2, 0.25) is 0 Å². The number of aliphatic carboxylic acids is 1. The number of nitrogens with one attached hydrogen (secondary N) is 2. The van der Waals surface area contributed by atoms with E-state index in [2.05, 4.69) is 20.2 Å². The summed E-state index contributed by atoms with van der Waals surface area (Å²) in [6.45, 7) is 7.49. The molecule has 1 aromatic carbocycles. The van der Waals surface area contributed by atoms with Crippen LogP contribution in [0.3, 0.4) is 0 Å². The van der Waals surface area contributed by atoms with E-state index >= 15 is 0 Å². The number of pyridine rings is 1. The lowest BCUT2D eigenvalue weighted by atomic mass is 10.0. The number of anilines is 1. The van der Waals surface area contributed by atoms with Crippen LogP contribution >= 0.6 is 0 Å². The number of fused-ring (bicyclic) bond motifs is 1. The molecule has 168 valence electrons. The number of rotatable bonds is 7. The van der Waals surface area contributed by atoms with Crippen molar-refractivity contribution in [3.63, 3.8) is 0 Å². The number of carbonyl (C=O) groups is 2. The van der Waals surface area contributed by atoms with Gasteiger partial charge in [0.2, 0.25) is 5.91 Å². The minimum Gasteiger partial charge on any atom is -0.480 e. The van der Waals surface area contributed by atoms with Crippen LogP contribution in [0.5, 0.6) is 0 Å². The van der Waals surface area contributed by atoms with Crippen LogP contribution < -0.4 is 5.32 Å². The molecule has 0 bridgehead atoms.